The van der Waals surface area contributed by atoms with Crippen molar-refractivity contribution < 1.29 is 23.8 Å². The van der Waals surface area contributed by atoms with Crippen LogP contribution in [0.1, 0.15) is 39.6 Å². The maximum atomic E-state index is 12.5. The van der Waals surface area contributed by atoms with E-state index >= 15 is 0 Å². The van der Waals surface area contributed by atoms with E-state index < -0.39 is 11.9 Å². The molecule has 0 aliphatic carbocycles. The summed E-state index contributed by atoms with van der Waals surface area (Å²) >= 11 is 11.9. The number of esters is 1. The first-order chi connectivity index (χ1) is 16.4. The number of benzene rings is 3. The molecule has 0 spiro atoms. The van der Waals surface area contributed by atoms with Gasteiger partial charge in [0.2, 0.25) is 0 Å². The number of halogens is 2. The number of hydrogen-bond donors (Lipinski definition) is 1. The maximum absolute atomic E-state index is 12.5. The number of hydrogen-bond acceptors (Lipinski definition) is 6. The molecule has 0 atom stereocenters. The molecular formula is C25H22Cl2N2O5. The van der Waals surface area contributed by atoms with Crippen molar-refractivity contribution in [3.8, 4) is 17.2 Å². The Morgan fingerprint density at radius 1 is 1.00 bits per heavy atom. The Kier molecular flexibility index (Phi) is 8.90. The minimum Gasteiger partial charge on any atom is -0.494 e. The van der Waals surface area contributed by atoms with Crippen molar-refractivity contribution in [3.63, 3.8) is 0 Å². The van der Waals surface area contributed by atoms with E-state index in [1.54, 1.807) is 48.5 Å². The topological polar surface area (TPSA) is 86.2 Å². The zero-order chi connectivity index (χ0) is 24.5. The van der Waals surface area contributed by atoms with Crippen LogP contribution in [-0.4, -0.2) is 31.8 Å². The molecule has 0 bridgehead atoms. The third-order valence-corrected chi connectivity index (χ3v) is 5.06. The van der Waals surface area contributed by atoms with Gasteiger partial charge in [0, 0.05) is 5.02 Å². The highest BCUT2D eigenvalue weighted by Gasteiger charge is 2.13. The Bertz CT molecular complexity index is 1200. The van der Waals surface area contributed by atoms with E-state index in [1.807, 2.05) is 6.92 Å². The summed E-state index contributed by atoms with van der Waals surface area (Å²) in [6, 6.07) is 16.1. The van der Waals surface area contributed by atoms with Crippen LogP contribution < -0.4 is 19.6 Å². The maximum Gasteiger partial charge on any atom is 0.343 e. The Morgan fingerprint density at radius 2 is 1.76 bits per heavy atom. The minimum absolute atomic E-state index is 0.219. The second kappa shape index (κ2) is 12.1. The summed E-state index contributed by atoms with van der Waals surface area (Å²) in [6.45, 7) is 2.62. The van der Waals surface area contributed by atoms with Crippen molar-refractivity contribution in [2.45, 2.75) is 13.3 Å². The van der Waals surface area contributed by atoms with Crippen LogP contribution in [0.3, 0.4) is 0 Å². The molecule has 0 aliphatic rings. The van der Waals surface area contributed by atoms with Gasteiger partial charge in [0.1, 0.15) is 5.75 Å². The molecule has 0 unspecified atom stereocenters. The van der Waals surface area contributed by atoms with Gasteiger partial charge in [-0.2, -0.15) is 5.10 Å². The van der Waals surface area contributed by atoms with Crippen molar-refractivity contribution in [3.05, 3.63) is 87.4 Å². The molecule has 1 N–H and O–H groups in total. The fourth-order valence-corrected chi connectivity index (χ4v) is 3.31. The summed E-state index contributed by atoms with van der Waals surface area (Å²) in [4.78, 5) is 24.7. The highest BCUT2D eigenvalue weighted by atomic mass is 35.5. The lowest BCUT2D eigenvalue weighted by Gasteiger charge is -2.10. The first kappa shape index (κ1) is 25.1. The van der Waals surface area contributed by atoms with Gasteiger partial charge in [-0.1, -0.05) is 30.1 Å². The summed E-state index contributed by atoms with van der Waals surface area (Å²) < 4.78 is 16.3. The van der Waals surface area contributed by atoms with Gasteiger partial charge in [0.05, 0.1) is 36.1 Å². The van der Waals surface area contributed by atoms with Gasteiger partial charge in [0.15, 0.2) is 11.5 Å². The molecular weight excluding hydrogens is 479 g/mol. The van der Waals surface area contributed by atoms with Gasteiger partial charge in [-0.25, -0.2) is 10.2 Å². The molecule has 0 saturated carbocycles. The van der Waals surface area contributed by atoms with Crippen LogP contribution in [-0.2, 0) is 0 Å². The molecule has 3 rings (SSSR count). The number of nitrogens with zero attached hydrogens (tertiary/aromatic N) is 1. The van der Waals surface area contributed by atoms with Crippen LogP contribution in [0.2, 0.25) is 10.0 Å². The lowest BCUT2D eigenvalue weighted by atomic mass is 10.2. The SMILES string of the molecule is CCCOc1ccc(C(=O)Oc2ccc(/C=N/NC(=O)c3ccc(Cl)cc3Cl)cc2OC)cc1. The summed E-state index contributed by atoms with van der Waals surface area (Å²) in [5, 5.41) is 4.58. The molecule has 0 aromatic heterocycles. The fourth-order valence-electron chi connectivity index (χ4n) is 2.81. The number of carbonyl (C=O) groups excluding carboxylic acids is 2. The Balaban J connectivity index is 1.64. The van der Waals surface area contributed by atoms with Crippen LogP contribution in [0, 0.1) is 0 Å². The zero-order valence-corrected chi connectivity index (χ0v) is 20.0. The lowest BCUT2D eigenvalue weighted by Crippen LogP contribution is -2.18. The summed E-state index contributed by atoms with van der Waals surface area (Å²) in [5.41, 5.74) is 3.62. The van der Waals surface area contributed by atoms with Crippen LogP contribution in [0.5, 0.6) is 17.2 Å². The van der Waals surface area contributed by atoms with Crippen LogP contribution in [0.4, 0.5) is 0 Å². The van der Waals surface area contributed by atoms with E-state index in [-0.39, 0.29) is 16.3 Å². The van der Waals surface area contributed by atoms with E-state index in [0.29, 0.717) is 34.3 Å². The van der Waals surface area contributed by atoms with Crippen molar-refractivity contribution in [2.24, 2.45) is 5.10 Å². The molecule has 0 aliphatic heterocycles. The van der Waals surface area contributed by atoms with Crippen LogP contribution in [0.15, 0.2) is 65.8 Å². The van der Waals surface area contributed by atoms with Crippen LogP contribution >= 0.6 is 23.2 Å². The number of nitrogens with one attached hydrogen (secondary N) is 1. The molecule has 0 heterocycles. The van der Waals surface area contributed by atoms with Gasteiger partial charge in [0.25, 0.3) is 5.91 Å². The number of amides is 1. The number of rotatable bonds is 9. The predicted octanol–water partition coefficient (Wildman–Crippen LogP) is 5.77. The summed E-state index contributed by atoms with van der Waals surface area (Å²) in [5.74, 6) is 0.237. The molecule has 1 amide bonds. The Labute approximate surface area is 207 Å². The van der Waals surface area contributed by atoms with Gasteiger partial charge >= 0.3 is 5.97 Å². The molecule has 0 saturated heterocycles. The average molecular weight is 501 g/mol. The van der Waals surface area contributed by atoms with Gasteiger partial charge < -0.3 is 14.2 Å². The van der Waals surface area contributed by atoms with Crippen LogP contribution in [0.25, 0.3) is 0 Å². The monoisotopic (exact) mass is 500 g/mol. The zero-order valence-electron chi connectivity index (χ0n) is 18.5. The molecule has 0 fully saturated rings. The van der Waals surface area contributed by atoms with E-state index in [1.165, 1.54) is 25.5 Å². The second-order valence-electron chi connectivity index (χ2n) is 7.00. The third kappa shape index (κ3) is 6.73. The molecule has 34 heavy (non-hydrogen) atoms. The number of carbonyl (C=O) groups is 2. The van der Waals surface area contributed by atoms with Crippen molar-refractivity contribution >= 4 is 41.3 Å². The lowest BCUT2D eigenvalue weighted by molar-refractivity contribution is 0.0729. The van der Waals surface area contributed by atoms with E-state index in [9.17, 15) is 9.59 Å². The summed E-state index contributed by atoms with van der Waals surface area (Å²) in [7, 11) is 1.46. The van der Waals surface area contributed by atoms with Gasteiger partial charge in [-0.15, -0.1) is 0 Å². The normalized spacial score (nSPS) is 10.7. The fraction of sp³-hybridized carbons (Fsp3) is 0.160. The molecule has 176 valence electrons. The third-order valence-electron chi connectivity index (χ3n) is 4.51. The van der Waals surface area contributed by atoms with Gasteiger partial charge in [-0.3, -0.25) is 4.79 Å². The van der Waals surface area contributed by atoms with Crippen molar-refractivity contribution in [1.82, 2.24) is 5.43 Å². The average Bonchev–Trinajstić information content (AvgIpc) is 2.83. The molecule has 0 radical (unpaired) electrons. The highest BCUT2D eigenvalue weighted by Crippen LogP contribution is 2.28. The second-order valence-corrected chi connectivity index (χ2v) is 7.84. The standard InChI is InChI=1S/C25H22Cl2N2O5/c1-3-12-33-19-8-5-17(6-9-19)25(31)34-22-11-4-16(13-23(22)32-2)15-28-29-24(30)20-10-7-18(26)14-21(20)27/h4-11,13-15H,3,12H2,1-2H3,(H,29,30)/b28-15+. The smallest absolute Gasteiger partial charge is 0.343 e. The largest absolute Gasteiger partial charge is 0.494 e. The van der Waals surface area contributed by atoms with Gasteiger partial charge in [-0.05, 0) is 72.6 Å². The first-order valence-corrected chi connectivity index (χ1v) is 11.1. The Hall–Kier alpha value is -3.55. The molecule has 9 heteroatoms. The molecule has 3 aromatic rings. The van der Waals surface area contributed by atoms with E-state index in [0.717, 1.165) is 6.42 Å². The quantitative estimate of drug-likeness (QED) is 0.174. The minimum atomic E-state index is -0.533. The number of ether oxygens (including phenoxy) is 3. The highest BCUT2D eigenvalue weighted by molar-refractivity contribution is 6.36. The first-order valence-electron chi connectivity index (χ1n) is 10.3. The number of hydrazone groups is 1. The predicted molar refractivity (Wildman–Crippen MR) is 132 cm³/mol. The van der Waals surface area contributed by atoms with E-state index in [4.69, 9.17) is 37.4 Å². The number of methoxy groups -OCH3 is 1. The van der Waals surface area contributed by atoms with E-state index in [2.05, 4.69) is 10.5 Å². The van der Waals surface area contributed by atoms with Crippen molar-refractivity contribution in [2.75, 3.05) is 13.7 Å². The molecule has 7 nitrogen and oxygen atoms in total. The van der Waals surface area contributed by atoms with Crippen molar-refractivity contribution in [1.29, 1.82) is 0 Å². The molecule has 3 aromatic carbocycles. The Morgan fingerprint density at radius 3 is 2.44 bits per heavy atom. The summed E-state index contributed by atoms with van der Waals surface area (Å²) in [6.07, 6.45) is 2.32.